The van der Waals surface area contributed by atoms with Crippen molar-refractivity contribution in [3.63, 3.8) is 0 Å². The minimum absolute atomic E-state index is 0.0958. The predicted octanol–water partition coefficient (Wildman–Crippen LogP) is 0.988. The molecule has 0 unspecified atom stereocenters. The minimum Gasteiger partial charge on any atom is -0.212 e. The van der Waals surface area contributed by atoms with Gasteiger partial charge in [0, 0.05) is 0 Å². The minimum atomic E-state index is -5.40. The molecule has 0 heterocycles. The molecule has 1 N–H and O–H groups in total. The maximum absolute atomic E-state index is 11.3. The highest BCUT2D eigenvalue weighted by Crippen LogP contribution is 2.19. The van der Waals surface area contributed by atoms with Crippen LogP contribution in [0.4, 0.5) is 26.3 Å². The number of nitrogens with one attached hydrogen (secondary N) is 1. The maximum Gasteiger partial charge on any atom is 0.470 e. The van der Waals surface area contributed by atoms with Gasteiger partial charge in [-0.1, -0.05) is 0 Å². The largest absolute Gasteiger partial charge is 0.470 e. The second-order valence-corrected chi connectivity index (χ2v) is 3.70. The van der Waals surface area contributed by atoms with E-state index in [-0.39, 0.29) is 4.72 Å². The van der Waals surface area contributed by atoms with Crippen molar-refractivity contribution in [2.75, 3.05) is 5.75 Å². The molecule has 0 aromatic carbocycles. The van der Waals surface area contributed by atoms with Gasteiger partial charge in [-0.25, -0.2) is 8.42 Å². The molecule has 0 amide bonds. The van der Waals surface area contributed by atoms with E-state index in [1.807, 2.05) is 0 Å². The van der Waals surface area contributed by atoms with Gasteiger partial charge in [0.05, 0.1) is 0 Å². The molecule has 0 aliphatic heterocycles. The SMILES string of the molecule is O=S(=O)(CC(F)(F)F)NC(F)(F)F. The third kappa shape index (κ3) is 7.84. The lowest BCUT2D eigenvalue weighted by Crippen LogP contribution is -2.41. The summed E-state index contributed by atoms with van der Waals surface area (Å²) in [5.74, 6) is -2.56. The molecule has 0 saturated heterocycles. The van der Waals surface area contributed by atoms with Crippen LogP contribution in [0.2, 0.25) is 0 Å². The van der Waals surface area contributed by atoms with Crippen LogP contribution in [0.25, 0.3) is 0 Å². The quantitative estimate of drug-likeness (QED) is 0.569. The molecule has 0 aliphatic rings. The molecule has 0 saturated carbocycles. The van der Waals surface area contributed by atoms with Gasteiger partial charge in [0.1, 0.15) is 0 Å². The number of rotatable bonds is 2. The van der Waals surface area contributed by atoms with Crippen molar-refractivity contribution < 1.29 is 34.8 Å². The summed E-state index contributed by atoms with van der Waals surface area (Å²) in [5, 5.41) is 0. The topological polar surface area (TPSA) is 46.2 Å². The van der Waals surface area contributed by atoms with Gasteiger partial charge in [0.15, 0.2) is 5.75 Å². The molecule has 3 nitrogen and oxygen atoms in total. The number of hydrogen-bond donors (Lipinski definition) is 1. The molecule has 0 aromatic heterocycles. The summed E-state index contributed by atoms with van der Waals surface area (Å²) < 4.78 is 88.0. The lowest BCUT2D eigenvalue weighted by molar-refractivity contribution is -0.139. The maximum atomic E-state index is 11.3. The third-order valence-electron chi connectivity index (χ3n) is 0.625. The Morgan fingerprint density at radius 3 is 1.62 bits per heavy atom. The number of sulfonamides is 1. The van der Waals surface area contributed by atoms with E-state index in [4.69, 9.17) is 0 Å². The Bertz CT molecular complexity index is 241. The summed E-state index contributed by atoms with van der Waals surface area (Å²) in [6, 6.07) is 0. The fraction of sp³-hybridized carbons (Fsp3) is 1.00. The Morgan fingerprint density at radius 1 is 1.00 bits per heavy atom. The zero-order valence-electron chi connectivity index (χ0n) is 5.70. The summed E-state index contributed by atoms with van der Waals surface area (Å²) >= 11 is 0. The standard InChI is InChI=1S/C3H3F6NO2S/c4-2(5,6)1-13(11,12)10-3(7,8)9/h10H,1H2. The van der Waals surface area contributed by atoms with Crippen LogP contribution in [0.3, 0.4) is 0 Å². The van der Waals surface area contributed by atoms with Crippen molar-refractivity contribution in [2.24, 2.45) is 0 Å². The van der Waals surface area contributed by atoms with Crippen LogP contribution in [0, 0.1) is 0 Å². The van der Waals surface area contributed by atoms with E-state index in [9.17, 15) is 34.8 Å². The highest BCUT2D eigenvalue weighted by atomic mass is 32.2. The van der Waals surface area contributed by atoms with Crippen LogP contribution in [-0.2, 0) is 10.0 Å². The highest BCUT2D eigenvalue weighted by molar-refractivity contribution is 7.89. The Hall–Kier alpha value is -0.510. The van der Waals surface area contributed by atoms with E-state index in [0.29, 0.717) is 0 Å². The summed E-state index contributed by atoms with van der Waals surface area (Å²) in [4.78, 5) is 0. The second-order valence-electron chi connectivity index (χ2n) is 1.97. The van der Waals surface area contributed by atoms with Crippen molar-refractivity contribution in [2.45, 2.75) is 12.5 Å². The summed E-state index contributed by atoms with van der Waals surface area (Å²) in [7, 11) is -5.40. The first-order chi connectivity index (χ1) is 5.41. The molecule has 0 bridgehead atoms. The average Bonchev–Trinajstić information content (AvgIpc) is 1.43. The van der Waals surface area contributed by atoms with Gasteiger partial charge in [0.25, 0.3) is 0 Å². The predicted molar refractivity (Wildman–Crippen MR) is 29.0 cm³/mol. The van der Waals surface area contributed by atoms with Gasteiger partial charge in [-0.05, 0) is 0 Å². The molecule has 0 radical (unpaired) electrons. The first-order valence-corrected chi connectivity index (χ1v) is 4.22. The van der Waals surface area contributed by atoms with Gasteiger partial charge in [-0.3, -0.25) is 0 Å². The molecule has 0 atom stereocenters. The molecular formula is C3H3F6NO2S. The Balaban J connectivity index is 4.46. The fourth-order valence-electron chi connectivity index (χ4n) is 0.428. The molecule has 0 aliphatic carbocycles. The summed E-state index contributed by atoms with van der Waals surface area (Å²) in [6.45, 7) is 0. The van der Waals surface area contributed by atoms with Crippen LogP contribution < -0.4 is 4.72 Å². The van der Waals surface area contributed by atoms with Crippen molar-refractivity contribution in [3.05, 3.63) is 0 Å². The van der Waals surface area contributed by atoms with Crippen LogP contribution in [0.1, 0.15) is 0 Å². The van der Waals surface area contributed by atoms with Crippen LogP contribution in [0.15, 0.2) is 0 Å². The second kappa shape index (κ2) is 3.33. The van der Waals surface area contributed by atoms with E-state index < -0.39 is 28.3 Å². The average molecular weight is 231 g/mol. The van der Waals surface area contributed by atoms with E-state index in [1.54, 1.807) is 0 Å². The molecule has 0 rings (SSSR count). The third-order valence-corrected chi connectivity index (χ3v) is 1.87. The Labute approximate surface area is 68.8 Å². The van der Waals surface area contributed by atoms with Gasteiger partial charge in [-0.2, -0.15) is 26.3 Å². The lowest BCUT2D eigenvalue weighted by atomic mass is 10.8. The van der Waals surface area contributed by atoms with Gasteiger partial charge >= 0.3 is 12.5 Å². The summed E-state index contributed by atoms with van der Waals surface area (Å²) in [6.07, 6.45) is -10.6. The highest BCUT2D eigenvalue weighted by Gasteiger charge is 2.41. The van der Waals surface area contributed by atoms with Crippen molar-refractivity contribution in [1.29, 1.82) is 0 Å². The number of hydrogen-bond acceptors (Lipinski definition) is 2. The van der Waals surface area contributed by atoms with E-state index >= 15 is 0 Å². The first-order valence-electron chi connectivity index (χ1n) is 2.56. The molecule has 80 valence electrons. The molecule has 13 heavy (non-hydrogen) atoms. The number of halogens is 6. The van der Waals surface area contributed by atoms with Gasteiger partial charge < -0.3 is 0 Å². The van der Waals surface area contributed by atoms with Gasteiger partial charge in [-0.15, -0.1) is 4.72 Å². The zero-order valence-corrected chi connectivity index (χ0v) is 6.52. The van der Waals surface area contributed by atoms with Gasteiger partial charge in [0.2, 0.25) is 10.0 Å². The van der Waals surface area contributed by atoms with Crippen LogP contribution in [0.5, 0.6) is 0 Å². The van der Waals surface area contributed by atoms with E-state index in [2.05, 4.69) is 0 Å². The smallest absolute Gasteiger partial charge is 0.212 e. The van der Waals surface area contributed by atoms with E-state index in [0.717, 1.165) is 0 Å². The monoisotopic (exact) mass is 231 g/mol. The van der Waals surface area contributed by atoms with Crippen molar-refractivity contribution >= 4 is 10.0 Å². The van der Waals surface area contributed by atoms with Crippen LogP contribution in [-0.4, -0.2) is 26.6 Å². The van der Waals surface area contributed by atoms with Crippen LogP contribution >= 0.6 is 0 Å². The van der Waals surface area contributed by atoms with Crippen molar-refractivity contribution in [1.82, 2.24) is 4.72 Å². The zero-order chi connectivity index (χ0) is 10.9. The molecule has 0 aromatic rings. The number of alkyl halides is 6. The summed E-state index contributed by atoms with van der Waals surface area (Å²) in [5.41, 5.74) is 0. The van der Waals surface area contributed by atoms with Crippen molar-refractivity contribution in [3.8, 4) is 0 Å². The Morgan fingerprint density at radius 2 is 1.38 bits per heavy atom. The lowest BCUT2D eigenvalue weighted by Gasteiger charge is -2.10. The molecular weight excluding hydrogens is 228 g/mol. The molecule has 0 fully saturated rings. The first kappa shape index (κ1) is 12.5. The Kier molecular flexibility index (Phi) is 3.20. The van der Waals surface area contributed by atoms with E-state index in [1.165, 1.54) is 0 Å². The molecule has 0 spiro atoms. The normalized spacial score (nSPS) is 14.6. The molecule has 10 heteroatoms. The fourth-order valence-corrected chi connectivity index (χ4v) is 1.28.